The molecular weight excluding hydrogens is 518 g/mol. The van der Waals surface area contributed by atoms with Crippen LogP contribution >= 0.6 is 0 Å². The number of allylic oxidation sites excluding steroid dienone is 1. The standard InChI is InChI=1S/C29H39N7O.C2H4O2/c1-21-15-25-26(27(30)32-21)31-20-36(25)29(2)18-35(19-29)28(37)23-11-12-33(17-23)16-22-9-13-34(14-10-22)24-7-5-3-4-6-8-24;1-2(3)4/h5,7,11-12,15,17,20,22,24H,3-4,6,8-10,13-14,16,18-19H2,1-2H3,(H2,30,32);1H3,(H,3,4)/t24-;/m0./s1. The molecule has 0 radical (unpaired) electrons. The lowest BCUT2D eigenvalue weighted by Crippen LogP contribution is -2.62. The Labute approximate surface area is 241 Å². The molecule has 10 heteroatoms. The van der Waals surface area contributed by atoms with Gasteiger partial charge in [-0.15, -0.1) is 0 Å². The molecule has 2 aliphatic heterocycles. The van der Waals surface area contributed by atoms with Gasteiger partial charge in [-0.25, -0.2) is 9.97 Å². The summed E-state index contributed by atoms with van der Waals surface area (Å²) in [5.41, 5.74) is 9.24. The van der Waals surface area contributed by atoms with Gasteiger partial charge in [0.2, 0.25) is 0 Å². The van der Waals surface area contributed by atoms with Crippen LogP contribution in [0.15, 0.2) is 43.0 Å². The number of aliphatic carboxylic acids is 1. The van der Waals surface area contributed by atoms with Gasteiger partial charge in [0.25, 0.3) is 11.9 Å². The van der Waals surface area contributed by atoms with Crippen molar-refractivity contribution >= 4 is 28.7 Å². The number of carboxylic acid groups (broad SMARTS) is 1. The van der Waals surface area contributed by atoms with Crippen LogP contribution in [0.1, 0.15) is 68.4 Å². The van der Waals surface area contributed by atoms with E-state index in [9.17, 15) is 4.79 Å². The van der Waals surface area contributed by atoms with Crippen molar-refractivity contribution < 1.29 is 14.7 Å². The van der Waals surface area contributed by atoms with Gasteiger partial charge in [-0.3, -0.25) is 14.5 Å². The average Bonchev–Trinajstić information content (AvgIpc) is 3.46. The average molecular weight is 562 g/mol. The predicted molar refractivity (Wildman–Crippen MR) is 160 cm³/mol. The van der Waals surface area contributed by atoms with E-state index in [2.05, 4.69) is 49.3 Å². The number of rotatable bonds is 5. The Balaban J connectivity index is 0.000000794. The van der Waals surface area contributed by atoms with Crippen molar-refractivity contribution in [3.63, 3.8) is 0 Å². The number of aryl methyl sites for hydroxylation is 1. The molecule has 0 bridgehead atoms. The third kappa shape index (κ3) is 6.48. The van der Waals surface area contributed by atoms with E-state index in [4.69, 9.17) is 15.6 Å². The highest BCUT2D eigenvalue weighted by atomic mass is 16.4. The number of nitrogens with zero attached hydrogens (tertiary/aromatic N) is 6. The van der Waals surface area contributed by atoms with Crippen molar-refractivity contribution in [1.29, 1.82) is 0 Å². The number of anilines is 1. The van der Waals surface area contributed by atoms with E-state index in [1.807, 2.05) is 36.5 Å². The Morgan fingerprint density at radius 1 is 1.17 bits per heavy atom. The van der Waals surface area contributed by atoms with Crippen molar-refractivity contribution in [2.24, 2.45) is 5.92 Å². The predicted octanol–water partition coefficient (Wildman–Crippen LogP) is 4.30. The van der Waals surface area contributed by atoms with Crippen LogP contribution in [0.3, 0.4) is 0 Å². The van der Waals surface area contributed by atoms with Crippen molar-refractivity contribution in [1.82, 2.24) is 28.9 Å². The molecule has 0 unspecified atom stereocenters. The van der Waals surface area contributed by atoms with E-state index in [1.54, 1.807) is 0 Å². The van der Waals surface area contributed by atoms with Gasteiger partial charge < -0.3 is 24.9 Å². The number of aromatic nitrogens is 4. The number of fused-ring (bicyclic) bond motifs is 1. The SMILES string of the molecule is CC(=O)O.Cc1cc2c(ncn2C2(C)CN(C(=O)c3ccn(CC4CCN([C@H]5C=CCCCC5)CC4)c3)C2)c(N)n1. The lowest BCUT2D eigenvalue weighted by Gasteiger charge is -2.48. The number of carbonyl (C=O) groups excluding carboxylic acids is 1. The number of nitrogen functional groups attached to an aromatic ring is 1. The fraction of sp³-hybridized carbons (Fsp3) is 0.548. The van der Waals surface area contributed by atoms with Crippen LogP contribution in [0.25, 0.3) is 11.0 Å². The largest absolute Gasteiger partial charge is 0.481 e. The Morgan fingerprint density at radius 3 is 2.63 bits per heavy atom. The fourth-order valence-electron chi connectivity index (χ4n) is 6.57. The number of nitrogens with two attached hydrogens (primary N) is 1. The van der Waals surface area contributed by atoms with Gasteiger partial charge in [-0.2, -0.15) is 0 Å². The summed E-state index contributed by atoms with van der Waals surface area (Å²) in [6.45, 7) is 9.86. The van der Waals surface area contributed by atoms with Crippen molar-refractivity contribution in [2.45, 2.75) is 77.4 Å². The molecule has 3 aromatic heterocycles. The third-order valence-corrected chi connectivity index (χ3v) is 8.68. The molecule has 0 aromatic carbocycles. The van der Waals surface area contributed by atoms with Gasteiger partial charge in [0.15, 0.2) is 5.82 Å². The number of hydrogen-bond acceptors (Lipinski definition) is 6. The molecule has 3 aliphatic rings. The summed E-state index contributed by atoms with van der Waals surface area (Å²) in [6.07, 6.45) is 18.5. The zero-order valence-electron chi connectivity index (χ0n) is 24.5. The fourth-order valence-corrected chi connectivity index (χ4v) is 6.57. The van der Waals surface area contributed by atoms with Crippen molar-refractivity contribution in [3.8, 4) is 0 Å². The number of hydrogen-bond donors (Lipinski definition) is 2. The highest BCUT2D eigenvalue weighted by Crippen LogP contribution is 2.34. The van der Waals surface area contributed by atoms with Crippen molar-refractivity contribution in [3.05, 3.63) is 54.3 Å². The Hall–Kier alpha value is -3.66. The van der Waals surface area contributed by atoms with E-state index in [-0.39, 0.29) is 11.4 Å². The van der Waals surface area contributed by atoms with Crippen molar-refractivity contribution in [2.75, 3.05) is 31.9 Å². The molecule has 41 heavy (non-hydrogen) atoms. The molecule has 0 saturated carbocycles. The smallest absolute Gasteiger partial charge is 0.300 e. The summed E-state index contributed by atoms with van der Waals surface area (Å²) >= 11 is 0. The summed E-state index contributed by atoms with van der Waals surface area (Å²) in [6, 6.07) is 4.64. The van der Waals surface area contributed by atoms with Gasteiger partial charge in [0.1, 0.15) is 5.52 Å². The summed E-state index contributed by atoms with van der Waals surface area (Å²) in [5.74, 6) is 0.402. The minimum atomic E-state index is -0.833. The first kappa shape index (κ1) is 28.9. The first-order chi connectivity index (χ1) is 19.6. The molecule has 1 amide bonds. The Bertz CT molecular complexity index is 1410. The van der Waals surface area contributed by atoms with Crippen LogP contribution in [0, 0.1) is 12.8 Å². The number of carbonyl (C=O) groups is 2. The van der Waals surface area contributed by atoms with Crippen LogP contribution in [0.5, 0.6) is 0 Å². The number of imidazole rings is 1. The third-order valence-electron chi connectivity index (χ3n) is 8.68. The second-order valence-corrected chi connectivity index (χ2v) is 12.2. The maximum absolute atomic E-state index is 13.3. The van der Waals surface area contributed by atoms with E-state index in [0.29, 0.717) is 30.9 Å². The zero-order chi connectivity index (χ0) is 29.1. The number of pyridine rings is 1. The van der Waals surface area contributed by atoms with Gasteiger partial charge in [0.05, 0.1) is 22.9 Å². The summed E-state index contributed by atoms with van der Waals surface area (Å²) in [5, 5.41) is 7.42. The molecule has 5 heterocycles. The maximum Gasteiger partial charge on any atom is 0.300 e. The van der Waals surface area contributed by atoms with Gasteiger partial charge in [-0.1, -0.05) is 18.6 Å². The quantitative estimate of drug-likeness (QED) is 0.446. The monoisotopic (exact) mass is 561 g/mol. The van der Waals surface area contributed by atoms with Gasteiger partial charge >= 0.3 is 0 Å². The van der Waals surface area contributed by atoms with Gasteiger partial charge in [0, 0.05) is 50.7 Å². The molecule has 10 nitrogen and oxygen atoms in total. The number of carboxylic acids is 1. The number of likely N-dealkylation sites (tertiary alicyclic amines) is 2. The van der Waals surface area contributed by atoms with E-state index >= 15 is 0 Å². The summed E-state index contributed by atoms with van der Waals surface area (Å²) < 4.78 is 4.37. The molecule has 3 N–H and O–H groups in total. The van der Waals surface area contributed by atoms with Crippen LogP contribution in [-0.2, 0) is 16.9 Å². The van der Waals surface area contributed by atoms with Gasteiger partial charge in [-0.05, 0) is 77.1 Å². The lowest BCUT2D eigenvalue weighted by atomic mass is 9.91. The first-order valence-corrected chi connectivity index (χ1v) is 14.8. The lowest BCUT2D eigenvalue weighted by molar-refractivity contribution is -0.134. The summed E-state index contributed by atoms with van der Waals surface area (Å²) in [7, 11) is 0. The number of piperidine rings is 1. The molecular formula is C31H43N7O3. The second-order valence-electron chi connectivity index (χ2n) is 12.2. The van der Waals surface area contributed by atoms with E-state index in [0.717, 1.165) is 35.8 Å². The maximum atomic E-state index is 13.3. The van der Waals surface area contributed by atoms with Crippen LogP contribution in [-0.4, -0.2) is 78.1 Å². The molecule has 1 atom stereocenters. The molecule has 220 valence electrons. The highest BCUT2D eigenvalue weighted by Gasteiger charge is 2.44. The Kier molecular flexibility index (Phi) is 8.49. The summed E-state index contributed by atoms with van der Waals surface area (Å²) in [4.78, 5) is 35.7. The highest BCUT2D eigenvalue weighted by molar-refractivity contribution is 5.95. The number of amides is 1. The molecule has 3 aromatic rings. The molecule has 2 saturated heterocycles. The zero-order valence-corrected chi connectivity index (χ0v) is 24.5. The Morgan fingerprint density at radius 2 is 1.90 bits per heavy atom. The van der Waals surface area contributed by atoms with Crippen LogP contribution in [0.2, 0.25) is 0 Å². The molecule has 0 spiro atoms. The normalized spacial score (nSPS) is 21.1. The minimum absolute atomic E-state index is 0.105. The molecule has 2 fully saturated rings. The molecule has 1 aliphatic carbocycles. The van der Waals surface area contributed by atoms with E-state index < -0.39 is 5.97 Å². The second kappa shape index (κ2) is 12.1. The topological polar surface area (TPSA) is 123 Å². The van der Waals surface area contributed by atoms with E-state index in [1.165, 1.54) is 51.6 Å². The van der Waals surface area contributed by atoms with Crippen LogP contribution in [0.4, 0.5) is 5.82 Å². The first-order valence-electron chi connectivity index (χ1n) is 14.8. The molecule has 6 rings (SSSR count). The minimum Gasteiger partial charge on any atom is -0.481 e. The van der Waals surface area contributed by atoms with Crippen LogP contribution < -0.4 is 5.73 Å².